The summed E-state index contributed by atoms with van der Waals surface area (Å²) in [4.78, 5) is 25.9. The van der Waals surface area contributed by atoms with Crippen molar-refractivity contribution in [3.8, 4) is 0 Å². The fraction of sp³-hybridized carbons (Fsp3) is 0.444. The van der Waals surface area contributed by atoms with E-state index in [-0.39, 0.29) is 13.0 Å². The van der Waals surface area contributed by atoms with E-state index in [9.17, 15) is 22.8 Å². The molecule has 18 heavy (non-hydrogen) atoms. The molecule has 0 bridgehead atoms. The molecule has 1 aliphatic rings. The fourth-order valence-electron chi connectivity index (χ4n) is 1.61. The van der Waals surface area contributed by atoms with Gasteiger partial charge in [-0.1, -0.05) is 0 Å². The number of carboxylic acid groups (broad SMARTS) is 1. The lowest BCUT2D eigenvalue weighted by molar-refractivity contribution is -0.141. The maximum atomic E-state index is 12.5. The predicted octanol–water partition coefficient (Wildman–Crippen LogP) is 1.52. The zero-order valence-electron chi connectivity index (χ0n) is 8.82. The van der Waals surface area contributed by atoms with Gasteiger partial charge < -0.3 is 9.52 Å². The Labute approximate surface area is 98.0 Å². The van der Waals surface area contributed by atoms with Crippen molar-refractivity contribution < 1.29 is 32.3 Å². The van der Waals surface area contributed by atoms with E-state index in [4.69, 9.17) is 5.11 Å². The smallest absolute Gasteiger partial charge is 0.437 e. The average molecular weight is 264 g/mol. The van der Waals surface area contributed by atoms with Gasteiger partial charge in [-0.15, -0.1) is 0 Å². The number of halogens is 3. The zero-order chi connectivity index (χ0) is 13.5. The van der Waals surface area contributed by atoms with Gasteiger partial charge in [0.2, 0.25) is 11.7 Å². The van der Waals surface area contributed by atoms with Gasteiger partial charge >= 0.3 is 18.2 Å². The molecule has 2 rings (SSSR count). The Kier molecular flexibility index (Phi) is 2.76. The Morgan fingerprint density at radius 3 is 2.50 bits per heavy atom. The maximum Gasteiger partial charge on any atom is 0.437 e. The number of hydrogen-bond acceptors (Lipinski definition) is 4. The summed E-state index contributed by atoms with van der Waals surface area (Å²) in [6.07, 6.45) is -4.31. The molecule has 1 saturated heterocycles. The van der Waals surface area contributed by atoms with Crippen LogP contribution in [-0.4, -0.2) is 28.5 Å². The first kappa shape index (κ1) is 12.4. The van der Waals surface area contributed by atoms with Crippen molar-refractivity contribution in [1.29, 1.82) is 0 Å². The highest BCUT2D eigenvalue weighted by atomic mass is 19.4. The average Bonchev–Trinajstić information content (AvgIpc) is 2.81. The number of nitrogens with zero attached hydrogens (tertiary/aromatic N) is 2. The van der Waals surface area contributed by atoms with Gasteiger partial charge in [-0.2, -0.15) is 18.2 Å². The summed E-state index contributed by atoms with van der Waals surface area (Å²) < 4.78 is 42.1. The third-order valence-electron chi connectivity index (χ3n) is 2.38. The molecule has 0 spiro atoms. The molecule has 0 aliphatic carbocycles. The van der Waals surface area contributed by atoms with Crippen LogP contribution in [0.15, 0.2) is 4.42 Å². The van der Waals surface area contributed by atoms with E-state index < -0.39 is 35.5 Å². The van der Waals surface area contributed by atoms with Crippen LogP contribution in [0.5, 0.6) is 0 Å². The van der Waals surface area contributed by atoms with Crippen molar-refractivity contribution in [2.45, 2.75) is 19.0 Å². The highest BCUT2D eigenvalue weighted by Crippen LogP contribution is 2.34. The standard InChI is InChI=1S/C9H7F3N2O4/c10-9(11,12)6-5(7(16)17)18-8(13-6)14-3-1-2-4(14)15/h1-3H2,(H,16,17). The van der Waals surface area contributed by atoms with E-state index in [0.29, 0.717) is 6.42 Å². The van der Waals surface area contributed by atoms with Gasteiger partial charge in [-0.25, -0.2) is 4.79 Å². The molecular formula is C9H7F3N2O4. The number of carboxylic acids is 1. The molecule has 1 aromatic heterocycles. The number of carbonyl (C=O) groups excluding carboxylic acids is 1. The molecule has 0 radical (unpaired) electrons. The largest absolute Gasteiger partial charge is 0.475 e. The minimum atomic E-state index is -4.95. The van der Waals surface area contributed by atoms with Crippen molar-refractivity contribution in [3.63, 3.8) is 0 Å². The number of aromatic carboxylic acids is 1. The number of carbonyl (C=O) groups is 2. The van der Waals surface area contributed by atoms with E-state index in [2.05, 4.69) is 9.40 Å². The molecule has 1 amide bonds. The molecule has 1 aromatic rings. The quantitative estimate of drug-likeness (QED) is 0.875. The Balaban J connectivity index is 2.46. The molecule has 1 fully saturated rings. The minimum absolute atomic E-state index is 0.162. The summed E-state index contributed by atoms with van der Waals surface area (Å²) in [5, 5.41) is 8.61. The summed E-state index contributed by atoms with van der Waals surface area (Å²) in [6.45, 7) is 0.162. The summed E-state index contributed by atoms with van der Waals surface area (Å²) >= 11 is 0. The maximum absolute atomic E-state index is 12.5. The fourth-order valence-corrected chi connectivity index (χ4v) is 1.61. The van der Waals surface area contributed by atoms with E-state index in [1.807, 2.05) is 0 Å². The van der Waals surface area contributed by atoms with Crippen LogP contribution in [-0.2, 0) is 11.0 Å². The van der Waals surface area contributed by atoms with Gasteiger partial charge in [0.15, 0.2) is 5.69 Å². The van der Waals surface area contributed by atoms with E-state index in [1.165, 1.54) is 0 Å². The van der Waals surface area contributed by atoms with Crippen molar-refractivity contribution in [2.75, 3.05) is 11.4 Å². The molecule has 6 nitrogen and oxygen atoms in total. The molecule has 9 heteroatoms. The third kappa shape index (κ3) is 2.03. The van der Waals surface area contributed by atoms with Crippen LogP contribution in [0, 0.1) is 0 Å². The summed E-state index contributed by atoms with van der Waals surface area (Å²) in [6, 6.07) is -0.623. The number of hydrogen-bond donors (Lipinski definition) is 1. The van der Waals surface area contributed by atoms with Crippen LogP contribution in [0.3, 0.4) is 0 Å². The Bertz CT molecular complexity index is 508. The predicted molar refractivity (Wildman–Crippen MR) is 50.1 cm³/mol. The van der Waals surface area contributed by atoms with Crippen LogP contribution in [0.2, 0.25) is 0 Å². The normalized spacial score (nSPS) is 16.4. The number of rotatable bonds is 2. The topological polar surface area (TPSA) is 83.6 Å². The van der Waals surface area contributed by atoms with Crippen LogP contribution in [0.1, 0.15) is 29.1 Å². The van der Waals surface area contributed by atoms with Crippen LogP contribution in [0.25, 0.3) is 0 Å². The van der Waals surface area contributed by atoms with Crippen molar-refractivity contribution in [2.24, 2.45) is 0 Å². The Morgan fingerprint density at radius 1 is 1.44 bits per heavy atom. The van der Waals surface area contributed by atoms with Gasteiger partial charge in [-0.05, 0) is 6.42 Å². The Morgan fingerprint density at radius 2 is 2.11 bits per heavy atom. The van der Waals surface area contributed by atoms with Crippen molar-refractivity contribution in [3.05, 3.63) is 11.5 Å². The van der Waals surface area contributed by atoms with Gasteiger partial charge in [0.1, 0.15) is 0 Å². The van der Waals surface area contributed by atoms with E-state index >= 15 is 0 Å². The van der Waals surface area contributed by atoms with Gasteiger partial charge in [0, 0.05) is 13.0 Å². The SMILES string of the molecule is O=C(O)c1oc(N2CCCC2=O)nc1C(F)(F)F. The molecule has 2 heterocycles. The first-order valence-corrected chi connectivity index (χ1v) is 4.92. The molecular weight excluding hydrogens is 257 g/mol. The molecule has 1 N–H and O–H groups in total. The monoisotopic (exact) mass is 264 g/mol. The molecule has 0 aromatic carbocycles. The van der Waals surface area contributed by atoms with E-state index in [1.54, 1.807) is 0 Å². The molecule has 98 valence electrons. The van der Waals surface area contributed by atoms with Crippen molar-refractivity contribution in [1.82, 2.24) is 4.98 Å². The summed E-state index contributed by atoms with van der Waals surface area (Å²) in [5.74, 6) is -3.63. The number of aromatic nitrogens is 1. The highest BCUT2D eigenvalue weighted by molar-refractivity contribution is 5.94. The second kappa shape index (κ2) is 4.00. The lowest BCUT2D eigenvalue weighted by Crippen LogP contribution is -2.24. The molecule has 1 aliphatic heterocycles. The lowest BCUT2D eigenvalue weighted by Gasteiger charge is -2.08. The number of anilines is 1. The number of amides is 1. The lowest BCUT2D eigenvalue weighted by atomic mass is 10.3. The first-order valence-electron chi connectivity index (χ1n) is 4.92. The van der Waals surface area contributed by atoms with E-state index in [0.717, 1.165) is 4.90 Å². The van der Waals surface area contributed by atoms with Gasteiger partial charge in [-0.3, -0.25) is 9.69 Å². The summed E-state index contributed by atoms with van der Waals surface area (Å²) in [7, 11) is 0. The number of oxazole rings is 1. The molecule has 0 saturated carbocycles. The number of alkyl halides is 3. The van der Waals surface area contributed by atoms with Crippen LogP contribution < -0.4 is 4.90 Å². The van der Waals surface area contributed by atoms with Crippen LogP contribution in [0.4, 0.5) is 19.2 Å². The zero-order valence-corrected chi connectivity index (χ0v) is 8.82. The molecule has 0 atom stereocenters. The second-order valence-electron chi connectivity index (χ2n) is 3.63. The summed E-state index contributed by atoms with van der Waals surface area (Å²) in [5.41, 5.74) is -1.63. The first-order chi connectivity index (χ1) is 8.30. The van der Waals surface area contributed by atoms with Gasteiger partial charge in [0.25, 0.3) is 0 Å². The molecule has 0 unspecified atom stereocenters. The third-order valence-corrected chi connectivity index (χ3v) is 2.38. The Hall–Kier alpha value is -2.06. The van der Waals surface area contributed by atoms with Crippen molar-refractivity contribution >= 4 is 17.9 Å². The minimum Gasteiger partial charge on any atom is -0.475 e. The highest BCUT2D eigenvalue weighted by Gasteiger charge is 2.42. The van der Waals surface area contributed by atoms with Crippen LogP contribution >= 0.6 is 0 Å². The second-order valence-corrected chi connectivity index (χ2v) is 3.63. The van der Waals surface area contributed by atoms with Gasteiger partial charge in [0.05, 0.1) is 0 Å².